The van der Waals surface area contributed by atoms with Gasteiger partial charge < -0.3 is 10.3 Å². The van der Waals surface area contributed by atoms with Gasteiger partial charge in [0.15, 0.2) is 11.5 Å². The smallest absolute Gasteiger partial charge is 0.269 e. The zero-order valence-electron chi connectivity index (χ0n) is 16.8. The number of benzene rings is 2. The Balaban J connectivity index is 1.75. The van der Waals surface area contributed by atoms with Crippen LogP contribution >= 0.6 is 0 Å². The van der Waals surface area contributed by atoms with Gasteiger partial charge in [-0.3, -0.25) is 20.4 Å². The summed E-state index contributed by atoms with van der Waals surface area (Å²) in [5.41, 5.74) is 13.8. The Kier molecular flexibility index (Phi) is 5.68. The number of amides is 2. The number of carbonyl (C=O) groups excluding carboxylic acids is 2. The van der Waals surface area contributed by atoms with Gasteiger partial charge in [-0.05, 0) is 28.7 Å². The van der Waals surface area contributed by atoms with E-state index in [0.717, 1.165) is 5.56 Å². The van der Waals surface area contributed by atoms with Gasteiger partial charge in [0.25, 0.3) is 11.8 Å². The molecule has 150 valence electrons. The van der Waals surface area contributed by atoms with E-state index in [-0.39, 0.29) is 22.8 Å². The van der Waals surface area contributed by atoms with Crippen LogP contribution in [-0.2, 0) is 12.0 Å². The van der Waals surface area contributed by atoms with Crippen molar-refractivity contribution >= 4 is 17.6 Å². The second-order valence-electron chi connectivity index (χ2n) is 7.83. The molecular weight excluding hydrogens is 366 g/mol. The van der Waals surface area contributed by atoms with Crippen LogP contribution in [0.3, 0.4) is 0 Å². The molecule has 4 N–H and O–H groups in total. The number of imidazole rings is 1. The topological polar surface area (TPSA) is 102 Å². The maximum Gasteiger partial charge on any atom is 0.269 e. The third-order valence-corrected chi connectivity index (χ3v) is 4.57. The quantitative estimate of drug-likeness (QED) is 0.562. The van der Waals surface area contributed by atoms with Crippen molar-refractivity contribution in [3.63, 3.8) is 0 Å². The van der Waals surface area contributed by atoms with Gasteiger partial charge in [0, 0.05) is 12.1 Å². The molecule has 0 aliphatic rings. The van der Waals surface area contributed by atoms with Gasteiger partial charge in [0.1, 0.15) is 0 Å². The largest absolute Gasteiger partial charge is 0.364 e. The van der Waals surface area contributed by atoms with E-state index in [1.54, 1.807) is 28.8 Å². The van der Waals surface area contributed by atoms with Crippen LogP contribution in [0.2, 0.25) is 0 Å². The van der Waals surface area contributed by atoms with Gasteiger partial charge in [-0.15, -0.1) is 0 Å². The summed E-state index contributed by atoms with van der Waals surface area (Å²) in [5.74, 6) is -0.772. The van der Waals surface area contributed by atoms with Crippen molar-refractivity contribution in [3.05, 3.63) is 83.3 Å². The first kappa shape index (κ1) is 20.1. The molecule has 0 bridgehead atoms. The summed E-state index contributed by atoms with van der Waals surface area (Å²) in [6.45, 7) is 6.91. The average molecular weight is 391 g/mol. The Bertz CT molecular complexity index is 1000. The standard InChI is InChI=1S/C22H25N5O2/c1-22(2,3)17-11-9-15(10-12-17)13-27-14-24-20(18(27)19(23)28)25-26-21(29)16-7-5-4-6-8-16/h4-12,14,25H,13H2,1-3H3,(H2,23,28)(H,26,29). The Morgan fingerprint density at radius 3 is 2.28 bits per heavy atom. The summed E-state index contributed by atoms with van der Waals surface area (Å²) in [4.78, 5) is 28.4. The number of nitrogens with zero attached hydrogens (tertiary/aromatic N) is 2. The van der Waals surface area contributed by atoms with E-state index >= 15 is 0 Å². The van der Waals surface area contributed by atoms with Crippen molar-refractivity contribution in [1.82, 2.24) is 15.0 Å². The zero-order valence-corrected chi connectivity index (χ0v) is 16.8. The fourth-order valence-electron chi connectivity index (χ4n) is 2.94. The van der Waals surface area contributed by atoms with Gasteiger partial charge in [0.2, 0.25) is 0 Å². The van der Waals surface area contributed by atoms with Crippen molar-refractivity contribution in [3.8, 4) is 0 Å². The van der Waals surface area contributed by atoms with E-state index in [4.69, 9.17) is 5.73 Å². The second-order valence-corrected chi connectivity index (χ2v) is 7.83. The fraction of sp³-hybridized carbons (Fsp3) is 0.227. The number of hydrogen-bond acceptors (Lipinski definition) is 4. The molecule has 29 heavy (non-hydrogen) atoms. The maximum atomic E-state index is 12.2. The number of primary amides is 1. The summed E-state index contributed by atoms with van der Waals surface area (Å²) in [6, 6.07) is 16.9. The Morgan fingerprint density at radius 2 is 1.69 bits per heavy atom. The van der Waals surface area contributed by atoms with E-state index in [2.05, 4.69) is 48.7 Å². The van der Waals surface area contributed by atoms with Crippen molar-refractivity contribution < 1.29 is 9.59 Å². The van der Waals surface area contributed by atoms with Crippen molar-refractivity contribution in [2.75, 3.05) is 5.43 Å². The molecule has 0 saturated carbocycles. The molecular formula is C22H25N5O2. The molecule has 2 aromatic carbocycles. The lowest BCUT2D eigenvalue weighted by Crippen LogP contribution is -2.31. The second kappa shape index (κ2) is 8.18. The monoisotopic (exact) mass is 391 g/mol. The highest BCUT2D eigenvalue weighted by atomic mass is 16.2. The number of carbonyl (C=O) groups is 2. The third kappa shape index (κ3) is 4.82. The van der Waals surface area contributed by atoms with Crippen LogP contribution in [0.1, 0.15) is 52.7 Å². The van der Waals surface area contributed by atoms with E-state index in [9.17, 15) is 9.59 Å². The molecule has 1 heterocycles. The van der Waals surface area contributed by atoms with Gasteiger partial charge in [-0.1, -0.05) is 63.2 Å². The number of nitrogens with one attached hydrogen (secondary N) is 2. The highest BCUT2D eigenvalue weighted by Gasteiger charge is 2.18. The molecule has 2 amide bonds. The first-order chi connectivity index (χ1) is 13.8. The molecule has 0 radical (unpaired) electrons. The van der Waals surface area contributed by atoms with Crippen LogP contribution in [0.5, 0.6) is 0 Å². The molecule has 0 unspecified atom stereocenters. The van der Waals surface area contributed by atoms with Crippen molar-refractivity contribution in [2.24, 2.45) is 5.73 Å². The highest BCUT2D eigenvalue weighted by Crippen LogP contribution is 2.23. The average Bonchev–Trinajstić information content (AvgIpc) is 3.09. The lowest BCUT2D eigenvalue weighted by Gasteiger charge is -2.19. The molecule has 3 rings (SSSR count). The summed E-state index contributed by atoms with van der Waals surface area (Å²) in [6.07, 6.45) is 1.52. The SMILES string of the molecule is CC(C)(C)c1ccc(Cn2cnc(NNC(=O)c3ccccc3)c2C(N)=O)cc1. The number of rotatable bonds is 6. The Labute approximate surface area is 169 Å². The molecule has 0 atom stereocenters. The normalized spacial score (nSPS) is 11.1. The summed E-state index contributed by atoms with van der Waals surface area (Å²) in [5, 5.41) is 0. The van der Waals surface area contributed by atoms with Crippen LogP contribution in [0.4, 0.5) is 5.82 Å². The Hall–Kier alpha value is -3.61. The van der Waals surface area contributed by atoms with Gasteiger partial charge in [0.05, 0.1) is 6.33 Å². The molecule has 1 aromatic heterocycles. The number of hydrazine groups is 1. The van der Waals surface area contributed by atoms with E-state index < -0.39 is 5.91 Å². The molecule has 0 saturated heterocycles. The maximum absolute atomic E-state index is 12.2. The Morgan fingerprint density at radius 1 is 1.03 bits per heavy atom. The van der Waals surface area contributed by atoms with E-state index in [1.165, 1.54) is 11.9 Å². The molecule has 3 aromatic rings. The minimum atomic E-state index is -0.634. The highest BCUT2D eigenvalue weighted by molar-refractivity contribution is 5.98. The van der Waals surface area contributed by atoms with Crippen LogP contribution in [0.25, 0.3) is 0 Å². The molecule has 0 aliphatic carbocycles. The lowest BCUT2D eigenvalue weighted by molar-refractivity contribution is 0.0957. The summed E-state index contributed by atoms with van der Waals surface area (Å²) >= 11 is 0. The molecule has 7 nitrogen and oxygen atoms in total. The minimum absolute atomic E-state index is 0.0694. The predicted molar refractivity (Wildman–Crippen MR) is 113 cm³/mol. The van der Waals surface area contributed by atoms with E-state index in [0.29, 0.717) is 12.1 Å². The van der Waals surface area contributed by atoms with Crippen LogP contribution < -0.4 is 16.6 Å². The van der Waals surface area contributed by atoms with E-state index in [1.807, 2.05) is 18.2 Å². The van der Waals surface area contributed by atoms with Gasteiger partial charge in [-0.2, -0.15) is 0 Å². The third-order valence-electron chi connectivity index (χ3n) is 4.57. The number of aromatic nitrogens is 2. The minimum Gasteiger partial charge on any atom is -0.364 e. The van der Waals surface area contributed by atoms with Gasteiger partial charge in [-0.25, -0.2) is 4.98 Å². The van der Waals surface area contributed by atoms with Gasteiger partial charge >= 0.3 is 0 Å². The summed E-state index contributed by atoms with van der Waals surface area (Å²) < 4.78 is 1.66. The molecule has 0 fully saturated rings. The molecule has 0 spiro atoms. The van der Waals surface area contributed by atoms with Crippen LogP contribution in [-0.4, -0.2) is 21.4 Å². The number of nitrogens with two attached hydrogens (primary N) is 1. The summed E-state index contributed by atoms with van der Waals surface area (Å²) in [7, 11) is 0. The van der Waals surface area contributed by atoms with Crippen molar-refractivity contribution in [2.45, 2.75) is 32.7 Å². The first-order valence-corrected chi connectivity index (χ1v) is 9.31. The number of anilines is 1. The molecule has 7 heteroatoms. The number of hydrogen-bond donors (Lipinski definition) is 3. The predicted octanol–water partition coefficient (Wildman–Crippen LogP) is 3.08. The fourth-order valence-corrected chi connectivity index (χ4v) is 2.94. The zero-order chi connectivity index (χ0) is 21.0. The first-order valence-electron chi connectivity index (χ1n) is 9.31. The lowest BCUT2D eigenvalue weighted by atomic mass is 9.87. The van der Waals surface area contributed by atoms with Crippen molar-refractivity contribution in [1.29, 1.82) is 0 Å². The van der Waals surface area contributed by atoms with Crippen LogP contribution in [0, 0.1) is 0 Å². The van der Waals surface area contributed by atoms with Crippen LogP contribution in [0.15, 0.2) is 60.9 Å². The molecule has 0 aliphatic heterocycles.